The summed E-state index contributed by atoms with van der Waals surface area (Å²) in [6.07, 6.45) is 1.41. The molecule has 0 saturated heterocycles. The third-order valence-corrected chi connectivity index (χ3v) is 11.7. The van der Waals surface area contributed by atoms with Crippen LogP contribution in [0.1, 0.15) is 5.56 Å². The van der Waals surface area contributed by atoms with Crippen LogP contribution in [0.3, 0.4) is 0 Å². The van der Waals surface area contributed by atoms with Crippen molar-refractivity contribution < 1.29 is 9.18 Å². The molecular formula is C30H19ClFN2OPS. The summed E-state index contributed by atoms with van der Waals surface area (Å²) in [6.45, 7) is -2.74. The number of nitriles is 1. The number of nitrogens with zero attached hydrogens (tertiary/aromatic N) is 2. The van der Waals surface area contributed by atoms with Crippen LogP contribution in [-0.4, -0.2) is 16.2 Å². The molecule has 0 aliphatic carbocycles. The van der Waals surface area contributed by atoms with Gasteiger partial charge in [0.1, 0.15) is 16.9 Å². The number of carbonyl (C=O) groups is 1. The van der Waals surface area contributed by atoms with Crippen LogP contribution in [0, 0.1) is 17.1 Å². The van der Waals surface area contributed by atoms with Gasteiger partial charge in [-0.25, -0.2) is 9.38 Å². The summed E-state index contributed by atoms with van der Waals surface area (Å²) in [5.41, 5.74) is 0.116. The zero-order chi connectivity index (χ0) is 25.8. The van der Waals surface area contributed by atoms with E-state index < -0.39 is 18.6 Å². The quantitative estimate of drug-likeness (QED) is 0.224. The van der Waals surface area contributed by atoms with Crippen molar-refractivity contribution in [2.45, 2.75) is 0 Å². The van der Waals surface area contributed by atoms with Crippen LogP contribution in [0.25, 0.3) is 6.08 Å². The van der Waals surface area contributed by atoms with Gasteiger partial charge in [-0.2, -0.15) is 5.26 Å². The van der Waals surface area contributed by atoms with Gasteiger partial charge in [0, 0.05) is 5.56 Å². The SMILES string of the molecule is N#CC(C1=NC(=O)/C(=C\c2c(F)cccc2Cl)S1)=P(c1ccccc1)(c1ccccc1)c1ccccc1. The Morgan fingerprint density at radius 2 is 1.35 bits per heavy atom. The smallest absolute Gasteiger partial charge is 0.266 e. The molecule has 0 saturated carbocycles. The number of aliphatic imine (C=N–C) groups is 1. The molecule has 5 rings (SSSR count). The van der Waals surface area contributed by atoms with E-state index in [0.29, 0.717) is 10.3 Å². The van der Waals surface area contributed by atoms with E-state index >= 15 is 0 Å². The van der Waals surface area contributed by atoms with Gasteiger partial charge in [-0.1, -0.05) is 120 Å². The first kappa shape index (κ1) is 25.0. The van der Waals surface area contributed by atoms with Crippen molar-refractivity contribution in [3.05, 3.63) is 131 Å². The summed E-state index contributed by atoms with van der Waals surface area (Å²) in [5, 5.41) is 14.5. The highest BCUT2D eigenvalue weighted by Crippen LogP contribution is 2.48. The number of hydrogen-bond donors (Lipinski definition) is 0. The third kappa shape index (κ3) is 4.61. The molecule has 1 aliphatic heterocycles. The fourth-order valence-electron chi connectivity index (χ4n) is 4.35. The Morgan fingerprint density at radius 1 is 0.838 bits per heavy atom. The third-order valence-electron chi connectivity index (χ3n) is 5.97. The van der Waals surface area contributed by atoms with E-state index in [2.05, 4.69) is 11.1 Å². The maximum Gasteiger partial charge on any atom is 0.284 e. The van der Waals surface area contributed by atoms with E-state index in [4.69, 9.17) is 11.6 Å². The van der Waals surface area contributed by atoms with E-state index in [0.717, 1.165) is 27.7 Å². The first-order chi connectivity index (χ1) is 18.1. The molecule has 0 bridgehead atoms. The van der Waals surface area contributed by atoms with Gasteiger partial charge >= 0.3 is 0 Å². The lowest BCUT2D eigenvalue weighted by atomic mass is 10.2. The van der Waals surface area contributed by atoms with Crippen LogP contribution in [-0.2, 0) is 4.79 Å². The first-order valence-corrected chi connectivity index (χ1v) is 14.3. The zero-order valence-electron chi connectivity index (χ0n) is 19.4. The summed E-state index contributed by atoms with van der Waals surface area (Å²) < 4.78 is 14.5. The lowest BCUT2D eigenvalue weighted by Crippen LogP contribution is -2.32. The van der Waals surface area contributed by atoms with Gasteiger partial charge in [-0.15, -0.1) is 0 Å². The summed E-state index contributed by atoms with van der Waals surface area (Å²) >= 11 is 7.28. The highest BCUT2D eigenvalue weighted by Gasteiger charge is 2.35. The van der Waals surface area contributed by atoms with Crippen LogP contribution in [0.4, 0.5) is 4.39 Å². The molecule has 0 fully saturated rings. The van der Waals surface area contributed by atoms with Crippen LogP contribution < -0.4 is 15.9 Å². The normalized spacial score (nSPS) is 14.4. The molecule has 1 aliphatic rings. The van der Waals surface area contributed by atoms with Gasteiger partial charge in [-0.3, -0.25) is 4.79 Å². The summed E-state index contributed by atoms with van der Waals surface area (Å²) in [4.78, 5) is 17.5. The number of hydrogen-bond acceptors (Lipinski definition) is 3. The molecule has 7 heteroatoms. The van der Waals surface area contributed by atoms with Gasteiger partial charge in [0.15, 0.2) is 0 Å². The monoisotopic (exact) mass is 540 g/mol. The summed E-state index contributed by atoms with van der Waals surface area (Å²) in [6, 6.07) is 36.4. The Bertz CT molecular complexity index is 1520. The summed E-state index contributed by atoms with van der Waals surface area (Å²) in [7, 11) is 0. The number of halogens is 2. The van der Waals surface area contributed by atoms with Crippen molar-refractivity contribution >= 4 is 68.5 Å². The Labute approximate surface area is 223 Å². The van der Waals surface area contributed by atoms with Crippen molar-refractivity contribution in [1.82, 2.24) is 0 Å². The van der Waals surface area contributed by atoms with E-state index in [-0.39, 0.29) is 15.5 Å². The molecule has 0 unspecified atom stereocenters. The highest BCUT2D eigenvalue weighted by atomic mass is 35.5. The molecule has 37 heavy (non-hydrogen) atoms. The topological polar surface area (TPSA) is 53.2 Å². The lowest BCUT2D eigenvalue weighted by Gasteiger charge is -2.30. The number of rotatable bonds is 5. The lowest BCUT2D eigenvalue weighted by molar-refractivity contribution is -0.113. The van der Waals surface area contributed by atoms with E-state index in [1.807, 2.05) is 91.0 Å². The number of thioether (sulfide) groups is 1. The fourth-order valence-corrected chi connectivity index (χ4v) is 9.91. The van der Waals surface area contributed by atoms with Crippen molar-refractivity contribution in [1.29, 1.82) is 5.26 Å². The molecule has 1 amide bonds. The van der Waals surface area contributed by atoms with Crippen LogP contribution >= 0.6 is 30.2 Å². The molecular weight excluding hydrogens is 522 g/mol. The largest absolute Gasteiger partial charge is 0.284 e. The molecule has 0 N–H and O–H groups in total. The second kappa shape index (κ2) is 10.7. The Morgan fingerprint density at radius 3 is 1.81 bits per heavy atom. The van der Waals surface area contributed by atoms with Crippen LogP contribution in [0.5, 0.6) is 0 Å². The molecule has 1 heterocycles. The predicted molar refractivity (Wildman–Crippen MR) is 155 cm³/mol. The predicted octanol–water partition coefficient (Wildman–Crippen LogP) is 6.18. The van der Waals surface area contributed by atoms with Gasteiger partial charge in [0.05, 0.1) is 15.2 Å². The standard InChI is InChI=1S/C30H19ClFN2OPS/c31-25-17-10-18-26(32)24(25)19-28-29(35)34-30(37-28)27(20-33)36(21-11-4-1-5-12-21,22-13-6-2-7-14-22)23-15-8-3-9-16-23/h1-19H/b28-19+. The second-order valence-electron chi connectivity index (χ2n) is 8.11. The van der Waals surface area contributed by atoms with Crippen molar-refractivity contribution in [2.24, 2.45) is 4.99 Å². The molecule has 3 nitrogen and oxygen atoms in total. The van der Waals surface area contributed by atoms with Crippen molar-refractivity contribution in [3.8, 4) is 6.07 Å². The molecule has 0 aromatic heterocycles. The van der Waals surface area contributed by atoms with E-state index in [1.165, 1.54) is 18.2 Å². The van der Waals surface area contributed by atoms with Crippen LogP contribution in [0.15, 0.2) is 119 Å². The Kier molecular flexibility index (Phi) is 7.26. The molecule has 180 valence electrons. The highest BCUT2D eigenvalue weighted by molar-refractivity contribution is 8.22. The maximum atomic E-state index is 14.5. The van der Waals surface area contributed by atoms with E-state index in [9.17, 15) is 14.4 Å². The fraction of sp³-hybridized carbons (Fsp3) is 0. The molecule has 4 aromatic rings. The van der Waals surface area contributed by atoms with Crippen molar-refractivity contribution in [3.63, 3.8) is 0 Å². The number of carbonyl (C=O) groups excluding carboxylic acids is 1. The Balaban J connectivity index is 1.81. The molecule has 0 atom stereocenters. The van der Waals surface area contributed by atoms with Gasteiger partial charge in [0.2, 0.25) is 0 Å². The van der Waals surface area contributed by atoms with E-state index in [1.54, 1.807) is 6.07 Å². The minimum Gasteiger partial charge on any atom is -0.266 e. The average molecular weight is 541 g/mol. The van der Waals surface area contributed by atoms with Gasteiger partial charge in [0.25, 0.3) is 5.91 Å². The minimum atomic E-state index is -2.74. The van der Waals surface area contributed by atoms with Gasteiger partial charge in [-0.05, 0) is 41.0 Å². The molecule has 4 aromatic carbocycles. The molecule has 0 spiro atoms. The number of benzene rings is 4. The minimum absolute atomic E-state index is 0.116. The summed E-state index contributed by atoms with van der Waals surface area (Å²) in [5.74, 6) is -1.06. The molecule has 0 radical (unpaired) electrons. The second-order valence-corrected chi connectivity index (χ2v) is 12.9. The van der Waals surface area contributed by atoms with Gasteiger partial charge < -0.3 is 0 Å². The maximum absolute atomic E-state index is 14.5. The first-order valence-electron chi connectivity index (χ1n) is 11.4. The van der Waals surface area contributed by atoms with Crippen LogP contribution in [0.2, 0.25) is 5.02 Å². The zero-order valence-corrected chi connectivity index (χ0v) is 21.9. The Hall–Kier alpha value is -3.68. The average Bonchev–Trinajstić information content (AvgIpc) is 3.30. The number of amides is 1. The van der Waals surface area contributed by atoms with Crippen molar-refractivity contribution in [2.75, 3.05) is 0 Å².